The fourth-order valence-corrected chi connectivity index (χ4v) is 5.49. The first-order valence-corrected chi connectivity index (χ1v) is 7.72. The summed E-state index contributed by atoms with van der Waals surface area (Å²) in [5.74, 6) is 3.67. The molecular formula is C14H23N5. The van der Waals surface area contributed by atoms with E-state index in [1.54, 1.807) is 0 Å². The van der Waals surface area contributed by atoms with Gasteiger partial charge in [0, 0.05) is 6.54 Å². The fourth-order valence-electron chi connectivity index (χ4n) is 5.49. The average molecular weight is 261 g/mol. The number of rotatable bonds is 3. The highest BCUT2D eigenvalue weighted by atomic mass is 15.5. The monoisotopic (exact) mass is 261 g/mol. The molecule has 4 bridgehead atoms. The van der Waals surface area contributed by atoms with Crippen molar-refractivity contribution in [1.29, 1.82) is 0 Å². The van der Waals surface area contributed by atoms with E-state index in [0.29, 0.717) is 0 Å². The number of tetrazole rings is 1. The van der Waals surface area contributed by atoms with Gasteiger partial charge in [-0.15, -0.1) is 5.10 Å². The van der Waals surface area contributed by atoms with Gasteiger partial charge in [0.1, 0.15) is 0 Å². The maximum absolute atomic E-state index is 6.65. The highest BCUT2D eigenvalue weighted by molar-refractivity contribution is 5.10. The van der Waals surface area contributed by atoms with Gasteiger partial charge in [-0.1, -0.05) is 0 Å². The van der Waals surface area contributed by atoms with Gasteiger partial charge in [-0.3, -0.25) is 0 Å². The first-order chi connectivity index (χ1) is 9.20. The molecule has 4 aliphatic rings. The van der Waals surface area contributed by atoms with Crippen molar-refractivity contribution < 1.29 is 0 Å². The smallest absolute Gasteiger partial charge is 0.168 e. The Bertz CT molecular complexity index is 445. The summed E-state index contributed by atoms with van der Waals surface area (Å²) in [6.45, 7) is 2.88. The molecule has 104 valence electrons. The van der Waals surface area contributed by atoms with E-state index in [1.807, 2.05) is 4.68 Å². The Hall–Kier alpha value is -0.970. The third-order valence-electron chi connectivity index (χ3n) is 5.88. The molecule has 0 amide bonds. The number of hydrogen-bond donors (Lipinski definition) is 1. The van der Waals surface area contributed by atoms with E-state index in [-0.39, 0.29) is 11.5 Å². The van der Waals surface area contributed by atoms with Crippen molar-refractivity contribution in [1.82, 2.24) is 20.2 Å². The summed E-state index contributed by atoms with van der Waals surface area (Å²) in [5, 5.41) is 12.1. The molecule has 2 N–H and O–H groups in total. The lowest BCUT2D eigenvalue weighted by Crippen LogP contribution is -2.51. The largest absolute Gasteiger partial charge is 0.321 e. The standard InChI is InChI=1S/C14H23N5/c1-2-19-13(16-17-18-19)12(15)14-6-9-3-10(7-14)5-11(4-9)8-14/h9-12H,2-8,15H2,1H3. The van der Waals surface area contributed by atoms with Gasteiger partial charge < -0.3 is 5.73 Å². The van der Waals surface area contributed by atoms with Gasteiger partial charge in [0.25, 0.3) is 0 Å². The van der Waals surface area contributed by atoms with Crippen LogP contribution in [0.5, 0.6) is 0 Å². The number of aromatic nitrogens is 4. The molecule has 4 aliphatic carbocycles. The molecule has 1 aromatic rings. The van der Waals surface area contributed by atoms with Gasteiger partial charge in [0.05, 0.1) is 6.04 Å². The molecule has 0 radical (unpaired) electrons. The zero-order valence-electron chi connectivity index (χ0n) is 11.6. The molecule has 4 saturated carbocycles. The molecular weight excluding hydrogens is 238 g/mol. The number of hydrogen-bond acceptors (Lipinski definition) is 4. The summed E-state index contributed by atoms with van der Waals surface area (Å²) in [6.07, 6.45) is 8.25. The molecule has 1 heterocycles. The summed E-state index contributed by atoms with van der Waals surface area (Å²) in [4.78, 5) is 0. The normalized spacial score (nSPS) is 41.7. The van der Waals surface area contributed by atoms with Gasteiger partial charge in [0.15, 0.2) is 5.82 Å². The highest BCUT2D eigenvalue weighted by Gasteiger charge is 2.54. The molecule has 5 rings (SSSR count). The minimum atomic E-state index is 0.0239. The number of nitrogens with zero attached hydrogens (tertiary/aromatic N) is 4. The summed E-state index contributed by atoms with van der Waals surface area (Å²) in [7, 11) is 0. The molecule has 0 aliphatic heterocycles. The fraction of sp³-hybridized carbons (Fsp3) is 0.929. The first-order valence-electron chi connectivity index (χ1n) is 7.72. The Morgan fingerprint density at radius 2 is 1.79 bits per heavy atom. The van der Waals surface area contributed by atoms with Crippen molar-refractivity contribution in [3.8, 4) is 0 Å². The van der Waals surface area contributed by atoms with E-state index in [2.05, 4.69) is 22.4 Å². The number of nitrogens with two attached hydrogens (primary N) is 1. The van der Waals surface area contributed by atoms with Crippen LogP contribution in [0.3, 0.4) is 0 Å². The van der Waals surface area contributed by atoms with Crippen LogP contribution in [0.15, 0.2) is 0 Å². The average Bonchev–Trinajstić information content (AvgIpc) is 2.84. The van der Waals surface area contributed by atoms with E-state index >= 15 is 0 Å². The lowest BCUT2D eigenvalue weighted by molar-refractivity contribution is -0.0698. The SMILES string of the molecule is CCn1nnnc1C(N)C12CC3CC(CC(C3)C1)C2. The lowest BCUT2D eigenvalue weighted by Gasteiger charge is -2.58. The minimum absolute atomic E-state index is 0.0239. The molecule has 1 atom stereocenters. The van der Waals surface area contributed by atoms with Crippen molar-refractivity contribution in [3.63, 3.8) is 0 Å². The van der Waals surface area contributed by atoms with Crippen molar-refractivity contribution in [2.75, 3.05) is 0 Å². The van der Waals surface area contributed by atoms with Crippen LogP contribution in [0, 0.1) is 23.2 Å². The maximum Gasteiger partial charge on any atom is 0.168 e. The van der Waals surface area contributed by atoms with Crippen LogP contribution in [0.1, 0.15) is 57.3 Å². The zero-order valence-corrected chi connectivity index (χ0v) is 11.6. The van der Waals surface area contributed by atoms with Crippen LogP contribution < -0.4 is 5.73 Å². The van der Waals surface area contributed by atoms with Gasteiger partial charge >= 0.3 is 0 Å². The molecule has 0 spiro atoms. The molecule has 1 aromatic heterocycles. The quantitative estimate of drug-likeness (QED) is 0.902. The molecule has 19 heavy (non-hydrogen) atoms. The predicted octanol–water partition coefficient (Wildman–Crippen LogP) is 1.91. The lowest BCUT2D eigenvalue weighted by atomic mass is 9.47. The van der Waals surface area contributed by atoms with Crippen LogP contribution in [-0.2, 0) is 6.54 Å². The van der Waals surface area contributed by atoms with E-state index < -0.39 is 0 Å². The number of aryl methyl sites for hydroxylation is 1. The van der Waals surface area contributed by atoms with Gasteiger partial charge in [0.2, 0.25) is 0 Å². The van der Waals surface area contributed by atoms with Crippen LogP contribution in [0.2, 0.25) is 0 Å². The van der Waals surface area contributed by atoms with Crippen molar-refractivity contribution >= 4 is 0 Å². The first kappa shape index (κ1) is 11.8. The second-order valence-corrected chi connectivity index (χ2v) is 7.11. The van der Waals surface area contributed by atoms with Crippen LogP contribution >= 0.6 is 0 Å². The van der Waals surface area contributed by atoms with Crippen LogP contribution in [-0.4, -0.2) is 20.2 Å². The van der Waals surface area contributed by atoms with Crippen LogP contribution in [0.4, 0.5) is 0 Å². The van der Waals surface area contributed by atoms with E-state index in [0.717, 1.165) is 30.1 Å². The van der Waals surface area contributed by atoms with E-state index in [1.165, 1.54) is 38.5 Å². The van der Waals surface area contributed by atoms with E-state index in [9.17, 15) is 0 Å². The Balaban J connectivity index is 1.68. The predicted molar refractivity (Wildman–Crippen MR) is 71.0 cm³/mol. The van der Waals surface area contributed by atoms with Crippen molar-refractivity contribution in [2.24, 2.45) is 28.9 Å². The summed E-state index contributed by atoms with van der Waals surface area (Å²) >= 11 is 0. The summed E-state index contributed by atoms with van der Waals surface area (Å²) < 4.78 is 1.88. The van der Waals surface area contributed by atoms with Gasteiger partial charge in [-0.25, -0.2) is 4.68 Å². The Morgan fingerprint density at radius 3 is 2.32 bits per heavy atom. The highest BCUT2D eigenvalue weighted by Crippen LogP contribution is 2.63. The van der Waals surface area contributed by atoms with Crippen molar-refractivity contribution in [3.05, 3.63) is 5.82 Å². The molecule has 1 unspecified atom stereocenters. The maximum atomic E-state index is 6.65. The summed E-state index contributed by atoms with van der Waals surface area (Å²) in [5.41, 5.74) is 6.94. The second-order valence-electron chi connectivity index (χ2n) is 7.11. The van der Waals surface area contributed by atoms with Crippen LogP contribution in [0.25, 0.3) is 0 Å². The Labute approximate surface area is 113 Å². The van der Waals surface area contributed by atoms with E-state index in [4.69, 9.17) is 5.73 Å². The van der Waals surface area contributed by atoms with Gasteiger partial charge in [-0.2, -0.15) is 0 Å². The third kappa shape index (κ3) is 1.67. The topological polar surface area (TPSA) is 69.6 Å². The molecule has 0 aromatic carbocycles. The van der Waals surface area contributed by atoms with Gasteiger partial charge in [-0.05, 0) is 79.0 Å². The zero-order chi connectivity index (χ0) is 13.0. The minimum Gasteiger partial charge on any atom is -0.321 e. The molecule has 0 saturated heterocycles. The Morgan fingerprint density at radius 1 is 1.21 bits per heavy atom. The van der Waals surface area contributed by atoms with Crippen molar-refractivity contribution in [2.45, 2.75) is 58.0 Å². The molecule has 5 nitrogen and oxygen atoms in total. The second kappa shape index (κ2) is 4.01. The molecule has 5 heteroatoms. The molecule has 4 fully saturated rings. The summed E-state index contributed by atoms with van der Waals surface area (Å²) in [6, 6.07) is 0.0239. The Kier molecular flexibility index (Phi) is 2.50. The third-order valence-corrected chi connectivity index (χ3v) is 5.88.